The summed E-state index contributed by atoms with van der Waals surface area (Å²) >= 11 is 0. The Bertz CT molecular complexity index is 797. The van der Waals surface area contributed by atoms with E-state index in [1.165, 1.54) is 9.13 Å². The summed E-state index contributed by atoms with van der Waals surface area (Å²) < 4.78 is 4.45. The number of carbonyl (C=O) groups excluding carboxylic acids is 1. The Morgan fingerprint density at radius 3 is 2.55 bits per heavy atom. The zero-order valence-corrected chi connectivity index (χ0v) is 13.3. The lowest BCUT2D eigenvalue weighted by Crippen LogP contribution is -2.40. The van der Waals surface area contributed by atoms with Crippen LogP contribution in [0.5, 0.6) is 0 Å². The number of aromatic nitrogens is 4. The van der Waals surface area contributed by atoms with Crippen LogP contribution < -0.4 is 11.2 Å². The summed E-state index contributed by atoms with van der Waals surface area (Å²) in [6.45, 7) is 4.27. The van der Waals surface area contributed by atoms with Gasteiger partial charge in [0, 0.05) is 26.6 Å². The van der Waals surface area contributed by atoms with E-state index in [1.54, 1.807) is 24.9 Å². The van der Waals surface area contributed by atoms with Crippen molar-refractivity contribution in [2.45, 2.75) is 52.6 Å². The lowest BCUT2D eigenvalue weighted by Gasteiger charge is -2.10. The van der Waals surface area contributed by atoms with Gasteiger partial charge < -0.3 is 9.36 Å². The zero-order valence-electron chi connectivity index (χ0n) is 13.3. The first-order valence-electron chi connectivity index (χ1n) is 7.61. The van der Waals surface area contributed by atoms with E-state index >= 15 is 0 Å². The predicted molar refractivity (Wildman–Crippen MR) is 84.1 cm³/mol. The predicted octanol–water partition coefficient (Wildman–Crippen LogP) is 1.07. The first-order chi connectivity index (χ1) is 10.5. The van der Waals surface area contributed by atoms with Crippen molar-refractivity contribution in [1.29, 1.82) is 0 Å². The van der Waals surface area contributed by atoms with E-state index in [9.17, 15) is 14.4 Å². The van der Waals surface area contributed by atoms with Gasteiger partial charge in [0.05, 0.1) is 6.33 Å². The van der Waals surface area contributed by atoms with Crippen molar-refractivity contribution >= 4 is 16.9 Å². The average molecular weight is 306 g/mol. The second-order valence-corrected chi connectivity index (χ2v) is 5.52. The molecule has 0 fully saturated rings. The third kappa shape index (κ3) is 3.03. The normalized spacial score (nSPS) is 11.2. The second-order valence-electron chi connectivity index (χ2n) is 5.52. The molecule has 0 bridgehead atoms. The Morgan fingerprint density at radius 1 is 1.18 bits per heavy atom. The van der Waals surface area contributed by atoms with E-state index in [2.05, 4.69) is 4.98 Å². The Balaban J connectivity index is 2.29. The molecule has 0 spiro atoms. The topological polar surface area (TPSA) is 78.9 Å². The number of fused-ring (bicyclic) bond motifs is 1. The Labute approximate surface area is 128 Å². The van der Waals surface area contributed by atoms with Crippen LogP contribution >= 0.6 is 0 Å². The van der Waals surface area contributed by atoms with E-state index in [0.29, 0.717) is 37.1 Å². The van der Waals surface area contributed by atoms with Crippen LogP contribution in [0.1, 0.15) is 39.5 Å². The van der Waals surface area contributed by atoms with Crippen LogP contribution in [0, 0.1) is 0 Å². The van der Waals surface area contributed by atoms with Crippen LogP contribution in [0.3, 0.4) is 0 Å². The minimum Gasteiger partial charge on any atom is -0.328 e. The van der Waals surface area contributed by atoms with Gasteiger partial charge in [-0.05, 0) is 26.7 Å². The van der Waals surface area contributed by atoms with Crippen LogP contribution in [-0.2, 0) is 24.9 Å². The summed E-state index contributed by atoms with van der Waals surface area (Å²) in [6, 6.07) is 0. The molecule has 0 radical (unpaired) electrons. The summed E-state index contributed by atoms with van der Waals surface area (Å²) in [5, 5.41) is 0. The van der Waals surface area contributed by atoms with E-state index in [-0.39, 0.29) is 17.0 Å². The van der Waals surface area contributed by atoms with Crippen molar-refractivity contribution in [3.05, 3.63) is 27.2 Å². The molecule has 0 atom stereocenters. The fraction of sp³-hybridized carbons (Fsp3) is 0.600. The van der Waals surface area contributed by atoms with Gasteiger partial charge in [-0.15, -0.1) is 0 Å². The molecule has 0 saturated heterocycles. The zero-order chi connectivity index (χ0) is 16.3. The number of Topliss-reactive ketones (excluding diaryl/α,β-unsaturated/α-hetero) is 1. The summed E-state index contributed by atoms with van der Waals surface area (Å²) in [6.07, 6.45) is 4.42. The molecule has 2 rings (SSSR count). The van der Waals surface area contributed by atoms with Crippen LogP contribution in [0.25, 0.3) is 11.2 Å². The maximum Gasteiger partial charge on any atom is 0.332 e. The standard InChI is InChI=1S/C15H22N4O3/c1-4-18-13-12(17(3)10-16-13)14(21)19(15(18)22)9-7-5-6-8-11(2)20/h10H,4-9H2,1-3H3. The highest BCUT2D eigenvalue weighted by molar-refractivity contribution is 5.75. The number of nitrogens with zero attached hydrogens (tertiary/aromatic N) is 4. The van der Waals surface area contributed by atoms with Crippen molar-refractivity contribution in [3.63, 3.8) is 0 Å². The number of hydrogen-bond acceptors (Lipinski definition) is 4. The first kappa shape index (κ1) is 16.2. The molecule has 7 nitrogen and oxygen atoms in total. The molecule has 0 saturated carbocycles. The maximum atomic E-state index is 12.5. The van der Waals surface area contributed by atoms with Crippen LogP contribution in [0.2, 0.25) is 0 Å². The van der Waals surface area contributed by atoms with Gasteiger partial charge >= 0.3 is 5.69 Å². The van der Waals surface area contributed by atoms with Gasteiger partial charge in [-0.25, -0.2) is 9.78 Å². The number of unbranched alkanes of at least 4 members (excludes halogenated alkanes) is 2. The Morgan fingerprint density at radius 2 is 1.91 bits per heavy atom. The summed E-state index contributed by atoms with van der Waals surface area (Å²) in [5.41, 5.74) is 0.277. The fourth-order valence-electron chi connectivity index (χ4n) is 2.62. The minimum atomic E-state index is -0.315. The monoisotopic (exact) mass is 306 g/mol. The molecule has 2 aromatic heterocycles. The third-order valence-electron chi connectivity index (χ3n) is 3.81. The molecule has 0 aliphatic rings. The van der Waals surface area contributed by atoms with Gasteiger partial charge in [0.1, 0.15) is 5.78 Å². The molecule has 0 aliphatic carbocycles. The summed E-state index contributed by atoms with van der Waals surface area (Å²) in [5.74, 6) is 0.168. The third-order valence-corrected chi connectivity index (χ3v) is 3.81. The van der Waals surface area contributed by atoms with Gasteiger partial charge in [-0.3, -0.25) is 13.9 Å². The van der Waals surface area contributed by atoms with Crippen molar-refractivity contribution in [1.82, 2.24) is 18.7 Å². The molecular formula is C15H22N4O3. The Kier molecular flexibility index (Phi) is 4.95. The number of carbonyl (C=O) groups is 1. The smallest absolute Gasteiger partial charge is 0.328 e. The van der Waals surface area contributed by atoms with Gasteiger partial charge in [-0.2, -0.15) is 0 Å². The van der Waals surface area contributed by atoms with E-state index in [0.717, 1.165) is 12.8 Å². The molecule has 0 unspecified atom stereocenters. The molecule has 7 heteroatoms. The second kappa shape index (κ2) is 6.72. The summed E-state index contributed by atoms with van der Waals surface area (Å²) in [4.78, 5) is 40.0. The molecule has 120 valence electrons. The van der Waals surface area contributed by atoms with Crippen molar-refractivity contribution in [2.24, 2.45) is 7.05 Å². The molecule has 22 heavy (non-hydrogen) atoms. The lowest BCUT2D eigenvalue weighted by atomic mass is 10.1. The molecule has 2 aromatic rings. The van der Waals surface area contributed by atoms with Crippen molar-refractivity contribution in [3.8, 4) is 0 Å². The van der Waals surface area contributed by atoms with Gasteiger partial charge in [0.2, 0.25) is 0 Å². The largest absolute Gasteiger partial charge is 0.332 e. The highest BCUT2D eigenvalue weighted by atomic mass is 16.2. The van der Waals surface area contributed by atoms with E-state index in [1.807, 2.05) is 6.92 Å². The van der Waals surface area contributed by atoms with E-state index < -0.39 is 0 Å². The molecule has 0 amide bonds. The lowest BCUT2D eigenvalue weighted by molar-refractivity contribution is -0.117. The number of hydrogen-bond donors (Lipinski definition) is 0. The molecule has 0 aromatic carbocycles. The van der Waals surface area contributed by atoms with Gasteiger partial charge in [0.15, 0.2) is 11.2 Å². The number of rotatable bonds is 7. The number of imidazole rings is 1. The number of ketones is 1. The van der Waals surface area contributed by atoms with Crippen molar-refractivity contribution < 1.29 is 4.79 Å². The van der Waals surface area contributed by atoms with Crippen LogP contribution in [0.4, 0.5) is 0 Å². The Hall–Kier alpha value is -2.18. The van der Waals surface area contributed by atoms with Crippen LogP contribution in [0.15, 0.2) is 15.9 Å². The highest BCUT2D eigenvalue weighted by Crippen LogP contribution is 2.06. The number of aryl methyl sites for hydroxylation is 2. The average Bonchev–Trinajstić information content (AvgIpc) is 2.84. The fourth-order valence-corrected chi connectivity index (χ4v) is 2.62. The first-order valence-corrected chi connectivity index (χ1v) is 7.61. The highest BCUT2D eigenvalue weighted by Gasteiger charge is 2.15. The van der Waals surface area contributed by atoms with E-state index in [4.69, 9.17) is 0 Å². The molecule has 2 heterocycles. The van der Waals surface area contributed by atoms with Gasteiger partial charge in [0.25, 0.3) is 5.56 Å². The SMILES string of the molecule is CCn1c(=O)n(CCCCCC(C)=O)c(=O)c2c1ncn2C. The minimum absolute atomic E-state index is 0.168. The maximum absolute atomic E-state index is 12.5. The van der Waals surface area contributed by atoms with Gasteiger partial charge in [-0.1, -0.05) is 6.42 Å². The van der Waals surface area contributed by atoms with Crippen LogP contribution in [-0.4, -0.2) is 24.5 Å². The molecule has 0 aliphatic heterocycles. The van der Waals surface area contributed by atoms with Crippen molar-refractivity contribution in [2.75, 3.05) is 0 Å². The molecular weight excluding hydrogens is 284 g/mol. The quantitative estimate of drug-likeness (QED) is 0.717. The molecule has 0 N–H and O–H groups in total. The summed E-state index contributed by atoms with van der Waals surface area (Å²) in [7, 11) is 1.75.